The zero-order valence-electron chi connectivity index (χ0n) is 14.3. The topological polar surface area (TPSA) is 79.3 Å². The number of carbonyl (C=O) groups is 2. The number of hydrogen-bond acceptors (Lipinski definition) is 3. The van der Waals surface area contributed by atoms with E-state index < -0.39 is 17.9 Å². The number of nitrogens with zero attached hydrogens (tertiary/aromatic N) is 1. The van der Waals surface area contributed by atoms with Crippen molar-refractivity contribution in [3.63, 3.8) is 0 Å². The van der Waals surface area contributed by atoms with Gasteiger partial charge in [-0.25, -0.2) is 9.78 Å². The van der Waals surface area contributed by atoms with Crippen molar-refractivity contribution in [3.8, 4) is 11.1 Å². The van der Waals surface area contributed by atoms with Crippen molar-refractivity contribution >= 4 is 27.8 Å². The lowest BCUT2D eigenvalue weighted by Gasteiger charge is -2.15. The summed E-state index contributed by atoms with van der Waals surface area (Å²) in [5.41, 5.74) is 3.13. The van der Waals surface area contributed by atoms with Crippen LogP contribution in [0.4, 0.5) is 0 Å². The lowest BCUT2D eigenvalue weighted by Crippen LogP contribution is -2.42. The second-order valence-electron chi connectivity index (χ2n) is 5.98. The Bertz CT molecular complexity index is 943. The minimum atomic E-state index is -1.09. The van der Waals surface area contributed by atoms with E-state index >= 15 is 0 Å². The molecule has 0 fully saturated rings. The highest BCUT2D eigenvalue weighted by atomic mass is 79.9. The minimum Gasteiger partial charge on any atom is -0.480 e. The molecule has 0 saturated carbocycles. The molecule has 0 aliphatic carbocycles. The van der Waals surface area contributed by atoms with Crippen LogP contribution in [-0.4, -0.2) is 28.0 Å². The molecule has 1 amide bonds. The van der Waals surface area contributed by atoms with Gasteiger partial charge in [0.25, 0.3) is 5.91 Å². The number of carbonyl (C=O) groups excluding carboxylic acids is 1. The van der Waals surface area contributed by atoms with E-state index in [0.717, 1.165) is 16.7 Å². The molecule has 1 atom stereocenters. The third-order valence-corrected chi connectivity index (χ3v) is 4.49. The maximum atomic E-state index is 12.3. The van der Waals surface area contributed by atoms with Gasteiger partial charge < -0.3 is 10.4 Å². The van der Waals surface area contributed by atoms with Gasteiger partial charge in [-0.3, -0.25) is 4.79 Å². The van der Waals surface area contributed by atoms with Crippen molar-refractivity contribution in [3.05, 3.63) is 88.7 Å². The van der Waals surface area contributed by atoms with Crippen LogP contribution >= 0.6 is 15.9 Å². The summed E-state index contributed by atoms with van der Waals surface area (Å²) in [5.74, 6) is -1.62. The molecule has 6 heteroatoms. The van der Waals surface area contributed by atoms with Crippen molar-refractivity contribution in [2.24, 2.45) is 0 Å². The molecule has 0 spiro atoms. The molecule has 1 heterocycles. The fraction of sp³-hybridized carbons (Fsp3) is 0.0952. The number of aliphatic carboxylic acids is 1. The van der Waals surface area contributed by atoms with E-state index in [4.69, 9.17) is 0 Å². The average Bonchev–Trinajstić information content (AvgIpc) is 2.68. The lowest BCUT2D eigenvalue weighted by atomic mass is 10.0. The predicted octanol–water partition coefficient (Wildman–Crippen LogP) is 3.94. The highest BCUT2D eigenvalue weighted by molar-refractivity contribution is 9.10. The van der Waals surface area contributed by atoms with E-state index in [1.165, 1.54) is 6.07 Å². The molecule has 3 rings (SSSR count). The first-order valence-corrected chi connectivity index (χ1v) is 9.13. The second-order valence-corrected chi connectivity index (χ2v) is 6.79. The summed E-state index contributed by atoms with van der Waals surface area (Å²) in [6.07, 6.45) is 0.185. The molecule has 136 valence electrons. The quantitative estimate of drug-likeness (QED) is 0.587. The smallest absolute Gasteiger partial charge is 0.326 e. The van der Waals surface area contributed by atoms with E-state index in [2.05, 4.69) is 26.2 Å². The number of aromatic nitrogens is 1. The Morgan fingerprint density at radius 3 is 2.22 bits per heavy atom. The van der Waals surface area contributed by atoms with Crippen LogP contribution < -0.4 is 5.32 Å². The zero-order valence-corrected chi connectivity index (χ0v) is 15.9. The maximum Gasteiger partial charge on any atom is 0.326 e. The monoisotopic (exact) mass is 424 g/mol. The summed E-state index contributed by atoms with van der Waals surface area (Å²) in [4.78, 5) is 27.9. The molecule has 0 bridgehead atoms. The number of nitrogens with one attached hydrogen (secondary N) is 1. The van der Waals surface area contributed by atoms with Crippen molar-refractivity contribution in [1.82, 2.24) is 10.3 Å². The van der Waals surface area contributed by atoms with Gasteiger partial charge in [-0.15, -0.1) is 0 Å². The van der Waals surface area contributed by atoms with Crippen LogP contribution in [0.5, 0.6) is 0 Å². The van der Waals surface area contributed by atoms with E-state index in [1.54, 1.807) is 12.1 Å². The number of hydrogen-bond donors (Lipinski definition) is 2. The molecule has 5 nitrogen and oxygen atoms in total. The number of rotatable bonds is 6. The standard InChI is InChI=1S/C21H17BrN2O3/c22-19-8-4-7-17(23-19)20(25)24-18(21(26)27)13-14-9-11-16(12-10-14)15-5-2-1-3-6-15/h1-12,18H,13H2,(H,24,25)(H,26,27). The molecule has 0 saturated heterocycles. The van der Waals surface area contributed by atoms with E-state index in [9.17, 15) is 14.7 Å². The Morgan fingerprint density at radius 1 is 0.926 bits per heavy atom. The molecule has 3 aromatic rings. The fourth-order valence-corrected chi connectivity index (χ4v) is 3.01. The number of carboxylic acids is 1. The van der Waals surface area contributed by atoms with E-state index in [1.807, 2.05) is 54.6 Å². The molecule has 27 heavy (non-hydrogen) atoms. The Hall–Kier alpha value is -2.99. The van der Waals surface area contributed by atoms with Crippen molar-refractivity contribution < 1.29 is 14.7 Å². The summed E-state index contributed by atoms with van der Waals surface area (Å²) in [6, 6.07) is 21.4. The average molecular weight is 425 g/mol. The van der Waals surface area contributed by atoms with Gasteiger partial charge in [0, 0.05) is 6.42 Å². The van der Waals surface area contributed by atoms with Crippen LogP contribution in [0.25, 0.3) is 11.1 Å². The number of benzene rings is 2. The molecule has 0 aliphatic rings. The number of pyridine rings is 1. The molecule has 2 N–H and O–H groups in total. The van der Waals surface area contributed by atoms with E-state index in [-0.39, 0.29) is 12.1 Å². The van der Waals surface area contributed by atoms with Gasteiger partial charge in [0.05, 0.1) is 0 Å². The van der Waals surface area contributed by atoms with Crippen LogP contribution in [0.3, 0.4) is 0 Å². The van der Waals surface area contributed by atoms with Crippen LogP contribution in [0.2, 0.25) is 0 Å². The summed E-state index contributed by atoms with van der Waals surface area (Å²) in [5, 5.41) is 12.0. The fourth-order valence-electron chi connectivity index (χ4n) is 2.67. The second kappa shape index (κ2) is 8.60. The number of amides is 1. The Morgan fingerprint density at radius 2 is 1.59 bits per heavy atom. The Kier molecular flexibility index (Phi) is 5.98. The van der Waals surface area contributed by atoms with Gasteiger partial charge in [-0.1, -0.05) is 60.7 Å². The third-order valence-electron chi connectivity index (χ3n) is 4.05. The van der Waals surface area contributed by atoms with Gasteiger partial charge in [-0.05, 0) is 44.8 Å². The molecular formula is C21H17BrN2O3. The van der Waals surface area contributed by atoms with Crippen LogP contribution in [0.15, 0.2) is 77.4 Å². The van der Waals surface area contributed by atoms with Crippen LogP contribution in [0, 0.1) is 0 Å². The molecule has 2 aromatic carbocycles. The van der Waals surface area contributed by atoms with Gasteiger partial charge in [0.2, 0.25) is 0 Å². The van der Waals surface area contributed by atoms with Crippen LogP contribution in [0.1, 0.15) is 16.1 Å². The van der Waals surface area contributed by atoms with E-state index in [0.29, 0.717) is 4.60 Å². The highest BCUT2D eigenvalue weighted by Gasteiger charge is 2.22. The summed E-state index contributed by atoms with van der Waals surface area (Å²) in [7, 11) is 0. The van der Waals surface area contributed by atoms with Crippen LogP contribution in [-0.2, 0) is 11.2 Å². The van der Waals surface area contributed by atoms with Crippen molar-refractivity contribution in [2.75, 3.05) is 0 Å². The first kappa shape index (κ1) is 18.8. The summed E-state index contributed by atoms with van der Waals surface area (Å²) in [6.45, 7) is 0. The number of halogens is 1. The first-order valence-electron chi connectivity index (χ1n) is 8.33. The highest BCUT2D eigenvalue weighted by Crippen LogP contribution is 2.19. The lowest BCUT2D eigenvalue weighted by molar-refractivity contribution is -0.139. The Labute approximate surface area is 165 Å². The van der Waals surface area contributed by atoms with Gasteiger partial charge in [0.1, 0.15) is 16.3 Å². The Balaban J connectivity index is 1.71. The van der Waals surface area contributed by atoms with Gasteiger partial charge in [0.15, 0.2) is 0 Å². The minimum absolute atomic E-state index is 0.162. The first-order chi connectivity index (χ1) is 13.0. The molecular weight excluding hydrogens is 408 g/mol. The molecule has 0 radical (unpaired) electrons. The molecule has 0 aliphatic heterocycles. The third kappa shape index (κ3) is 5.01. The largest absolute Gasteiger partial charge is 0.480 e. The summed E-state index contributed by atoms with van der Waals surface area (Å²) >= 11 is 3.20. The number of carboxylic acid groups (broad SMARTS) is 1. The SMILES string of the molecule is O=C(NC(Cc1ccc(-c2ccccc2)cc1)C(=O)O)c1cccc(Br)n1. The molecule has 1 unspecified atom stereocenters. The van der Waals surface area contributed by atoms with Crippen molar-refractivity contribution in [1.29, 1.82) is 0 Å². The van der Waals surface area contributed by atoms with Gasteiger partial charge in [-0.2, -0.15) is 0 Å². The van der Waals surface area contributed by atoms with Gasteiger partial charge >= 0.3 is 5.97 Å². The zero-order chi connectivity index (χ0) is 19.2. The summed E-state index contributed by atoms with van der Waals surface area (Å²) < 4.78 is 0.513. The van der Waals surface area contributed by atoms with Crippen molar-refractivity contribution in [2.45, 2.75) is 12.5 Å². The normalized spacial score (nSPS) is 11.6. The maximum absolute atomic E-state index is 12.3. The predicted molar refractivity (Wildman–Crippen MR) is 106 cm³/mol. The molecule has 1 aromatic heterocycles.